The van der Waals surface area contributed by atoms with Crippen LogP contribution in [0.25, 0.3) is 0 Å². The summed E-state index contributed by atoms with van der Waals surface area (Å²) in [4.78, 5) is 16.3. The van der Waals surface area contributed by atoms with E-state index in [0.717, 1.165) is 12.2 Å². The minimum absolute atomic E-state index is 0.113. The molecule has 0 saturated heterocycles. The Hall–Kier alpha value is -1.52. The summed E-state index contributed by atoms with van der Waals surface area (Å²) in [5.74, 6) is 1.09. The summed E-state index contributed by atoms with van der Waals surface area (Å²) >= 11 is 0. The SMILES string of the molecule is Cc1cnc(CCNC(=O)NC(C)(C)C)n1C1CCCC1. The number of carbonyl (C=O) groups is 1. The van der Waals surface area contributed by atoms with Crippen LogP contribution in [0, 0.1) is 6.92 Å². The van der Waals surface area contributed by atoms with Gasteiger partial charge in [-0.05, 0) is 40.5 Å². The summed E-state index contributed by atoms with van der Waals surface area (Å²) in [6.07, 6.45) is 7.86. The van der Waals surface area contributed by atoms with Gasteiger partial charge >= 0.3 is 6.03 Å². The number of hydrogen-bond donors (Lipinski definition) is 2. The van der Waals surface area contributed by atoms with E-state index in [9.17, 15) is 4.79 Å². The second kappa shape index (κ2) is 6.50. The minimum Gasteiger partial charge on any atom is -0.338 e. The molecule has 1 fully saturated rings. The van der Waals surface area contributed by atoms with Crippen molar-refractivity contribution in [2.45, 2.75) is 71.4 Å². The molecule has 0 aliphatic heterocycles. The molecule has 2 N–H and O–H groups in total. The molecule has 5 heteroatoms. The number of urea groups is 1. The Kier molecular flexibility index (Phi) is 4.91. The molecule has 1 heterocycles. The number of rotatable bonds is 4. The first-order valence-electron chi connectivity index (χ1n) is 7.95. The molecular formula is C16H28N4O. The quantitative estimate of drug-likeness (QED) is 0.896. The highest BCUT2D eigenvalue weighted by atomic mass is 16.2. The third-order valence-corrected chi connectivity index (χ3v) is 3.87. The number of carbonyl (C=O) groups excluding carboxylic acids is 1. The van der Waals surface area contributed by atoms with E-state index < -0.39 is 0 Å². The molecule has 1 saturated carbocycles. The van der Waals surface area contributed by atoms with Crippen LogP contribution in [0.2, 0.25) is 0 Å². The molecule has 0 unspecified atom stereocenters. The highest BCUT2D eigenvalue weighted by Gasteiger charge is 2.21. The first-order chi connectivity index (χ1) is 9.87. The minimum atomic E-state index is -0.205. The van der Waals surface area contributed by atoms with Crippen molar-refractivity contribution in [3.05, 3.63) is 17.7 Å². The van der Waals surface area contributed by atoms with Gasteiger partial charge in [0, 0.05) is 36.4 Å². The van der Waals surface area contributed by atoms with Crippen molar-refractivity contribution < 1.29 is 4.79 Å². The molecule has 21 heavy (non-hydrogen) atoms. The van der Waals surface area contributed by atoms with Gasteiger partial charge in [-0.15, -0.1) is 0 Å². The molecule has 0 spiro atoms. The molecule has 2 amide bonds. The standard InChI is InChI=1S/C16H28N4O/c1-12-11-18-14(20(12)13-7-5-6-8-13)9-10-17-15(21)19-16(2,3)4/h11,13H,5-10H2,1-4H3,(H2,17,19,21). The summed E-state index contributed by atoms with van der Waals surface area (Å²) < 4.78 is 2.37. The predicted octanol–water partition coefficient (Wildman–Crippen LogP) is 2.95. The molecule has 118 valence electrons. The van der Waals surface area contributed by atoms with Crippen LogP contribution < -0.4 is 10.6 Å². The van der Waals surface area contributed by atoms with Crippen molar-refractivity contribution >= 4 is 6.03 Å². The number of nitrogens with zero attached hydrogens (tertiary/aromatic N) is 2. The van der Waals surface area contributed by atoms with Crippen molar-refractivity contribution in [1.82, 2.24) is 20.2 Å². The zero-order valence-electron chi connectivity index (χ0n) is 13.7. The van der Waals surface area contributed by atoms with Crippen LogP contribution >= 0.6 is 0 Å². The van der Waals surface area contributed by atoms with Gasteiger partial charge in [0.2, 0.25) is 0 Å². The second-order valence-electron chi connectivity index (χ2n) is 7.00. The van der Waals surface area contributed by atoms with Crippen molar-refractivity contribution in [2.75, 3.05) is 6.54 Å². The Balaban J connectivity index is 1.88. The lowest BCUT2D eigenvalue weighted by Gasteiger charge is -2.21. The fraction of sp³-hybridized carbons (Fsp3) is 0.750. The highest BCUT2D eigenvalue weighted by molar-refractivity contribution is 5.74. The molecule has 1 aliphatic carbocycles. The number of imidazole rings is 1. The smallest absolute Gasteiger partial charge is 0.315 e. The van der Waals surface area contributed by atoms with E-state index in [1.807, 2.05) is 27.0 Å². The Morgan fingerprint density at radius 2 is 2.05 bits per heavy atom. The van der Waals surface area contributed by atoms with Gasteiger partial charge in [0.1, 0.15) is 5.82 Å². The third kappa shape index (κ3) is 4.48. The number of nitrogens with one attached hydrogen (secondary N) is 2. The van der Waals surface area contributed by atoms with Crippen LogP contribution in [-0.2, 0) is 6.42 Å². The number of aryl methyl sites for hydroxylation is 1. The summed E-state index contributed by atoms with van der Waals surface area (Å²) in [7, 11) is 0. The lowest BCUT2D eigenvalue weighted by Crippen LogP contribution is -2.46. The van der Waals surface area contributed by atoms with Gasteiger partial charge in [-0.25, -0.2) is 9.78 Å². The lowest BCUT2D eigenvalue weighted by atomic mass is 10.1. The van der Waals surface area contributed by atoms with Gasteiger partial charge in [0.05, 0.1) is 0 Å². The fourth-order valence-electron chi connectivity index (χ4n) is 3.01. The molecule has 0 aromatic carbocycles. The average Bonchev–Trinajstić information content (AvgIpc) is 2.96. The number of aromatic nitrogens is 2. The van der Waals surface area contributed by atoms with Crippen molar-refractivity contribution in [1.29, 1.82) is 0 Å². The maximum Gasteiger partial charge on any atom is 0.315 e. The van der Waals surface area contributed by atoms with Gasteiger partial charge < -0.3 is 15.2 Å². The molecule has 0 radical (unpaired) electrons. The Labute approximate surface area is 127 Å². The lowest BCUT2D eigenvalue weighted by molar-refractivity contribution is 0.232. The van der Waals surface area contributed by atoms with E-state index in [2.05, 4.69) is 27.1 Å². The maximum absolute atomic E-state index is 11.7. The summed E-state index contributed by atoms with van der Waals surface area (Å²) in [6, 6.07) is 0.490. The van der Waals surface area contributed by atoms with E-state index in [1.54, 1.807) is 0 Å². The van der Waals surface area contributed by atoms with Gasteiger partial charge in [0.25, 0.3) is 0 Å². The monoisotopic (exact) mass is 292 g/mol. The normalized spacial score (nSPS) is 16.2. The van der Waals surface area contributed by atoms with Gasteiger partial charge in [0.15, 0.2) is 0 Å². The topological polar surface area (TPSA) is 59.0 Å². The van der Waals surface area contributed by atoms with Gasteiger partial charge in [-0.3, -0.25) is 0 Å². The molecule has 1 aromatic heterocycles. The zero-order valence-corrected chi connectivity index (χ0v) is 13.7. The zero-order chi connectivity index (χ0) is 15.5. The summed E-state index contributed by atoms with van der Waals surface area (Å²) in [5, 5.41) is 5.81. The van der Waals surface area contributed by atoms with Crippen LogP contribution in [0.5, 0.6) is 0 Å². The summed E-state index contributed by atoms with van der Waals surface area (Å²) in [5.41, 5.74) is 1.03. The van der Waals surface area contributed by atoms with Crippen LogP contribution in [0.4, 0.5) is 4.79 Å². The first-order valence-corrected chi connectivity index (χ1v) is 7.95. The molecule has 1 aliphatic rings. The second-order valence-corrected chi connectivity index (χ2v) is 7.00. The predicted molar refractivity (Wildman–Crippen MR) is 84.5 cm³/mol. The number of amides is 2. The third-order valence-electron chi connectivity index (χ3n) is 3.87. The summed E-state index contributed by atoms with van der Waals surface area (Å²) in [6.45, 7) is 8.66. The van der Waals surface area contributed by atoms with Crippen LogP contribution in [0.1, 0.15) is 64.0 Å². The molecule has 5 nitrogen and oxygen atoms in total. The molecule has 1 aromatic rings. The van der Waals surface area contributed by atoms with Crippen molar-refractivity contribution in [3.63, 3.8) is 0 Å². The molecule has 0 bridgehead atoms. The Morgan fingerprint density at radius 1 is 1.38 bits per heavy atom. The van der Waals surface area contributed by atoms with Crippen molar-refractivity contribution in [2.24, 2.45) is 0 Å². The van der Waals surface area contributed by atoms with Crippen LogP contribution in [-0.4, -0.2) is 27.7 Å². The first kappa shape index (κ1) is 15.9. The van der Waals surface area contributed by atoms with E-state index in [0.29, 0.717) is 12.6 Å². The molecular weight excluding hydrogens is 264 g/mol. The molecule has 0 atom stereocenters. The van der Waals surface area contributed by atoms with Crippen molar-refractivity contribution in [3.8, 4) is 0 Å². The Morgan fingerprint density at radius 3 is 2.67 bits per heavy atom. The number of hydrogen-bond acceptors (Lipinski definition) is 2. The molecule has 2 rings (SSSR count). The van der Waals surface area contributed by atoms with Crippen LogP contribution in [0.3, 0.4) is 0 Å². The van der Waals surface area contributed by atoms with E-state index in [1.165, 1.54) is 31.4 Å². The van der Waals surface area contributed by atoms with Gasteiger partial charge in [-0.1, -0.05) is 12.8 Å². The highest BCUT2D eigenvalue weighted by Crippen LogP contribution is 2.31. The van der Waals surface area contributed by atoms with E-state index in [-0.39, 0.29) is 11.6 Å². The van der Waals surface area contributed by atoms with E-state index >= 15 is 0 Å². The van der Waals surface area contributed by atoms with Crippen LogP contribution in [0.15, 0.2) is 6.20 Å². The van der Waals surface area contributed by atoms with Gasteiger partial charge in [-0.2, -0.15) is 0 Å². The average molecular weight is 292 g/mol. The Bertz CT molecular complexity index is 481. The largest absolute Gasteiger partial charge is 0.338 e. The van der Waals surface area contributed by atoms with E-state index in [4.69, 9.17) is 0 Å². The fourth-order valence-corrected chi connectivity index (χ4v) is 3.01. The maximum atomic E-state index is 11.7.